The van der Waals surface area contributed by atoms with Crippen LogP contribution in [0.5, 0.6) is 0 Å². The number of para-hydroxylation sites is 1. The van der Waals surface area contributed by atoms with Crippen molar-refractivity contribution < 1.29 is 4.79 Å². The molecule has 4 heteroatoms. The summed E-state index contributed by atoms with van der Waals surface area (Å²) in [5, 5.41) is 11.9. The summed E-state index contributed by atoms with van der Waals surface area (Å²) in [5.41, 5.74) is 1.09. The molecule has 1 amide bonds. The summed E-state index contributed by atoms with van der Waals surface area (Å²) in [6.45, 7) is 6.12. The van der Waals surface area contributed by atoms with Gasteiger partial charge in [0, 0.05) is 0 Å². The minimum atomic E-state index is -0.158. The van der Waals surface area contributed by atoms with Crippen LogP contribution in [0.3, 0.4) is 0 Å². The molecule has 1 aliphatic rings. The maximum atomic E-state index is 12.3. The normalized spacial score (nSPS) is 18.2. The SMILES string of the molecule is CC1CCN([C@@H](C)C(=O)Nc2ccccc2C#N)CC1. The third kappa shape index (κ3) is 3.37. The van der Waals surface area contributed by atoms with E-state index in [0.29, 0.717) is 11.3 Å². The molecule has 1 N–H and O–H groups in total. The van der Waals surface area contributed by atoms with Gasteiger partial charge in [-0.2, -0.15) is 5.26 Å². The fourth-order valence-electron chi connectivity index (χ4n) is 2.51. The molecule has 20 heavy (non-hydrogen) atoms. The topological polar surface area (TPSA) is 56.1 Å². The van der Waals surface area contributed by atoms with Crippen molar-refractivity contribution in [3.8, 4) is 6.07 Å². The Morgan fingerprint density at radius 1 is 1.40 bits per heavy atom. The van der Waals surface area contributed by atoms with Gasteiger partial charge in [0.15, 0.2) is 0 Å². The molecule has 1 aromatic rings. The summed E-state index contributed by atoms with van der Waals surface area (Å²) in [7, 11) is 0. The van der Waals surface area contributed by atoms with Gasteiger partial charge in [-0.25, -0.2) is 0 Å². The number of rotatable bonds is 3. The summed E-state index contributed by atoms with van der Waals surface area (Å²) in [6.07, 6.45) is 2.29. The average molecular weight is 271 g/mol. The second-order valence-corrected chi connectivity index (χ2v) is 5.54. The van der Waals surface area contributed by atoms with Crippen molar-refractivity contribution in [1.82, 2.24) is 4.90 Å². The third-order valence-electron chi connectivity index (χ3n) is 4.05. The number of hydrogen-bond acceptors (Lipinski definition) is 3. The monoisotopic (exact) mass is 271 g/mol. The molecule has 1 heterocycles. The van der Waals surface area contributed by atoms with E-state index >= 15 is 0 Å². The lowest BCUT2D eigenvalue weighted by Crippen LogP contribution is -2.45. The van der Waals surface area contributed by atoms with E-state index in [1.54, 1.807) is 18.2 Å². The van der Waals surface area contributed by atoms with E-state index in [0.717, 1.165) is 31.8 Å². The summed E-state index contributed by atoms with van der Waals surface area (Å²) in [6, 6.07) is 9.03. The fourth-order valence-corrected chi connectivity index (χ4v) is 2.51. The van der Waals surface area contributed by atoms with E-state index in [2.05, 4.69) is 23.2 Å². The van der Waals surface area contributed by atoms with E-state index < -0.39 is 0 Å². The molecule has 0 spiro atoms. The van der Waals surface area contributed by atoms with Crippen LogP contribution in [-0.4, -0.2) is 29.9 Å². The van der Waals surface area contributed by atoms with Crippen LogP contribution in [0.4, 0.5) is 5.69 Å². The molecule has 2 rings (SSSR count). The Kier molecular flexibility index (Phi) is 4.75. The average Bonchev–Trinajstić information content (AvgIpc) is 2.48. The van der Waals surface area contributed by atoms with E-state index in [1.165, 1.54) is 0 Å². The first-order chi connectivity index (χ1) is 9.61. The van der Waals surface area contributed by atoms with Gasteiger partial charge >= 0.3 is 0 Å². The number of amides is 1. The Bertz CT molecular complexity index is 513. The zero-order chi connectivity index (χ0) is 14.5. The lowest BCUT2D eigenvalue weighted by molar-refractivity contribution is -0.121. The predicted molar refractivity (Wildman–Crippen MR) is 79.2 cm³/mol. The highest BCUT2D eigenvalue weighted by molar-refractivity contribution is 5.95. The van der Waals surface area contributed by atoms with Crippen LogP contribution in [-0.2, 0) is 4.79 Å². The van der Waals surface area contributed by atoms with Crippen LogP contribution in [0.25, 0.3) is 0 Å². The first kappa shape index (κ1) is 14.5. The van der Waals surface area contributed by atoms with Crippen LogP contribution in [0.2, 0.25) is 0 Å². The highest BCUT2D eigenvalue weighted by Crippen LogP contribution is 2.19. The molecule has 0 aromatic heterocycles. The molecule has 1 atom stereocenters. The van der Waals surface area contributed by atoms with Crippen LogP contribution in [0.15, 0.2) is 24.3 Å². The summed E-state index contributed by atoms with van der Waals surface area (Å²) >= 11 is 0. The second-order valence-electron chi connectivity index (χ2n) is 5.54. The molecular weight excluding hydrogens is 250 g/mol. The van der Waals surface area contributed by atoms with Crippen molar-refractivity contribution in [2.45, 2.75) is 32.7 Å². The lowest BCUT2D eigenvalue weighted by atomic mass is 9.98. The van der Waals surface area contributed by atoms with Gasteiger partial charge in [-0.15, -0.1) is 0 Å². The highest BCUT2D eigenvalue weighted by atomic mass is 16.2. The molecule has 4 nitrogen and oxygen atoms in total. The van der Waals surface area contributed by atoms with Crippen molar-refractivity contribution in [1.29, 1.82) is 5.26 Å². The van der Waals surface area contributed by atoms with Crippen LogP contribution in [0.1, 0.15) is 32.3 Å². The molecule has 0 aliphatic carbocycles. The maximum Gasteiger partial charge on any atom is 0.241 e. The predicted octanol–water partition coefficient (Wildman–Crippen LogP) is 2.62. The Labute approximate surface area is 120 Å². The fraction of sp³-hybridized carbons (Fsp3) is 0.500. The number of nitrogens with one attached hydrogen (secondary N) is 1. The molecular formula is C16H21N3O. The Morgan fingerprint density at radius 2 is 2.05 bits per heavy atom. The summed E-state index contributed by atoms with van der Waals surface area (Å²) in [4.78, 5) is 14.5. The van der Waals surface area contributed by atoms with Gasteiger partial charge < -0.3 is 5.32 Å². The van der Waals surface area contributed by atoms with Crippen molar-refractivity contribution in [2.24, 2.45) is 5.92 Å². The summed E-state index contributed by atoms with van der Waals surface area (Å²) in [5.74, 6) is 0.711. The number of piperidine rings is 1. The van der Waals surface area contributed by atoms with Gasteiger partial charge in [-0.3, -0.25) is 9.69 Å². The van der Waals surface area contributed by atoms with Gasteiger partial charge in [0.25, 0.3) is 0 Å². The molecule has 0 radical (unpaired) electrons. The molecule has 106 valence electrons. The first-order valence-corrected chi connectivity index (χ1v) is 7.16. The number of carbonyl (C=O) groups excluding carboxylic acids is 1. The summed E-state index contributed by atoms with van der Waals surface area (Å²) < 4.78 is 0. The van der Waals surface area contributed by atoms with Gasteiger partial charge in [0.05, 0.1) is 17.3 Å². The van der Waals surface area contributed by atoms with Crippen LogP contribution < -0.4 is 5.32 Å². The Hall–Kier alpha value is -1.86. The number of benzene rings is 1. The number of hydrogen-bond donors (Lipinski definition) is 1. The van der Waals surface area contributed by atoms with Gasteiger partial charge in [0.2, 0.25) is 5.91 Å². The lowest BCUT2D eigenvalue weighted by Gasteiger charge is -2.34. The van der Waals surface area contributed by atoms with Crippen molar-refractivity contribution >= 4 is 11.6 Å². The highest BCUT2D eigenvalue weighted by Gasteiger charge is 2.25. The number of nitriles is 1. The minimum Gasteiger partial charge on any atom is -0.324 e. The number of anilines is 1. The zero-order valence-corrected chi connectivity index (χ0v) is 12.1. The molecule has 1 fully saturated rings. The van der Waals surface area contributed by atoms with Crippen molar-refractivity contribution in [3.05, 3.63) is 29.8 Å². The molecule has 0 bridgehead atoms. The largest absolute Gasteiger partial charge is 0.324 e. The Morgan fingerprint density at radius 3 is 2.70 bits per heavy atom. The molecule has 1 aliphatic heterocycles. The smallest absolute Gasteiger partial charge is 0.241 e. The first-order valence-electron chi connectivity index (χ1n) is 7.16. The van der Waals surface area contributed by atoms with E-state index in [9.17, 15) is 4.79 Å². The number of carbonyl (C=O) groups is 1. The van der Waals surface area contributed by atoms with Crippen molar-refractivity contribution in [3.63, 3.8) is 0 Å². The zero-order valence-electron chi connectivity index (χ0n) is 12.1. The van der Waals surface area contributed by atoms with E-state index in [-0.39, 0.29) is 11.9 Å². The van der Waals surface area contributed by atoms with E-state index in [4.69, 9.17) is 5.26 Å². The molecule has 0 saturated carbocycles. The molecule has 0 unspecified atom stereocenters. The Balaban J connectivity index is 1.99. The maximum absolute atomic E-state index is 12.3. The van der Waals surface area contributed by atoms with Crippen LogP contribution >= 0.6 is 0 Å². The number of likely N-dealkylation sites (tertiary alicyclic amines) is 1. The van der Waals surface area contributed by atoms with E-state index in [1.807, 2.05) is 13.0 Å². The standard InChI is InChI=1S/C16H21N3O/c1-12-7-9-19(10-8-12)13(2)16(20)18-15-6-4-3-5-14(15)11-17/h3-6,12-13H,7-10H2,1-2H3,(H,18,20)/t13-/m0/s1. The molecule has 1 saturated heterocycles. The minimum absolute atomic E-state index is 0.0396. The van der Waals surface area contributed by atoms with Gasteiger partial charge in [0.1, 0.15) is 6.07 Å². The van der Waals surface area contributed by atoms with Gasteiger partial charge in [-0.1, -0.05) is 19.1 Å². The quantitative estimate of drug-likeness (QED) is 0.919. The third-order valence-corrected chi connectivity index (χ3v) is 4.05. The van der Waals surface area contributed by atoms with Gasteiger partial charge in [-0.05, 0) is 50.9 Å². The second kappa shape index (κ2) is 6.53. The van der Waals surface area contributed by atoms with Crippen LogP contribution in [0, 0.1) is 17.2 Å². The molecule has 1 aromatic carbocycles. The van der Waals surface area contributed by atoms with Crippen molar-refractivity contribution in [2.75, 3.05) is 18.4 Å². The number of nitrogens with zero attached hydrogens (tertiary/aromatic N) is 2.